The molecule has 0 amide bonds. The average molecular weight is 282 g/mol. The van der Waals surface area contributed by atoms with Crippen LogP contribution in [0, 0.1) is 5.95 Å². The van der Waals surface area contributed by atoms with Crippen LogP contribution in [0.25, 0.3) is 0 Å². The minimum Gasteiger partial charge on any atom is -0.435 e. The second-order valence-corrected chi connectivity index (χ2v) is 4.18. The molecule has 0 spiro atoms. The maximum atomic E-state index is 12.7. The number of pyridine rings is 1. The molecule has 1 aromatic heterocycles. The maximum Gasteiger partial charge on any atom is 0.387 e. The lowest BCUT2D eigenvalue weighted by atomic mass is 10.1. The van der Waals surface area contributed by atoms with Crippen LogP contribution < -0.4 is 10.1 Å². The fourth-order valence-corrected chi connectivity index (χ4v) is 1.73. The smallest absolute Gasteiger partial charge is 0.387 e. The summed E-state index contributed by atoms with van der Waals surface area (Å²) in [7, 11) is 0. The summed E-state index contributed by atoms with van der Waals surface area (Å²) in [5.41, 5.74) is 1.56. The fraction of sp³-hybridized carbons (Fsp3) is 0.214. The van der Waals surface area contributed by atoms with E-state index in [1.165, 1.54) is 24.4 Å². The second kappa shape index (κ2) is 6.27. The lowest BCUT2D eigenvalue weighted by Gasteiger charge is -2.16. The number of ether oxygens (including phenoxy) is 1. The van der Waals surface area contributed by atoms with Crippen LogP contribution in [0.15, 0.2) is 42.6 Å². The van der Waals surface area contributed by atoms with Crippen molar-refractivity contribution < 1.29 is 17.9 Å². The van der Waals surface area contributed by atoms with Crippen LogP contribution in [-0.2, 0) is 0 Å². The Bertz CT molecular complexity index is 543. The molecule has 20 heavy (non-hydrogen) atoms. The molecule has 0 saturated heterocycles. The summed E-state index contributed by atoms with van der Waals surface area (Å²) in [6.45, 7) is -0.937. The highest BCUT2D eigenvalue weighted by atomic mass is 19.3. The Morgan fingerprint density at radius 1 is 1.10 bits per heavy atom. The third-order valence-corrected chi connectivity index (χ3v) is 2.72. The highest BCUT2D eigenvalue weighted by molar-refractivity contribution is 5.43. The third kappa shape index (κ3) is 3.88. The molecule has 0 bridgehead atoms. The quantitative estimate of drug-likeness (QED) is 0.842. The predicted molar refractivity (Wildman–Crippen MR) is 69.3 cm³/mol. The van der Waals surface area contributed by atoms with Gasteiger partial charge in [0.25, 0.3) is 0 Å². The van der Waals surface area contributed by atoms with Gasteiger partial charge >= 0.3 is 6.61 Å². The first kappa shape index (κ1) is 14.2. The van der Waals surface area contributed by atoms with Crippen molar-refractivity contribution in [3.63, 3.8) is 0 Å². The Hall–Kier alpha value is -2.24. The number of benzene rings is 1. The van der Waals surface area contributed by atoms with Gasteiger partial charge in [0, 0.05) is 6.04 Å². The summed E-state index contributed by atoms with van der Waals surface area (Å²) in [5, 5.41) is 3.13. The van der Waals surface area contributed by atoms with Crippen molar-refractivity contribution in [3.8, 4) is 5.75 Å². The van der Waals surface area contributed by atoms with E-state index in [1.54, 1.807) is 18.2 Å². The van der Waals surface area contributed by atoms with Gasteiger partial charge in [0.15, 0.2) is 0 Å². The molecule has 1 unspecified atom stereocenters. The standard InChI is InChI=1S/C14H13F3N2O/c1-9(19-11-4-7-13(15)18-8-11)10-2-5-12(6-3-10)20-14(16)17/h2-9,14,19H,1H3. The highest BCUT2D eigenvalue weighted by Gasteiger charge is 2.08. The van der Waals surface area contributed by atoms with Gasteiger partial charge in [0.2, 0.25) is 5.95 Å². The molecule has 1 heterocycles. The molecule has 6 heteroatoms. The summed E-state index contributed by atoms with van der Waals surface area (Å²) in [6, 6.07) is 9.08. The van der Waals surface area contributed by atoms with E-state index in [-0.39, 0.29) is 11.8 Å². The van der Waals surface area contributed by atoms with Gasteiger partial charge in [-0.1, -0.05) is 12.1 Å². The van der Waals surface area contributed by atoms with Crippen LogP contribution in [0.5, 0.6) is 5.75 Å². The van der Waals surface area contributed by atoms with Crippen molar-refractivity contribution in [2.75, 3.05) is 5.32 Å². The van der Waals surface area contributed by atoms with Gasteiger partial charge < -0.3 is 10.1 Å². The molecule has 0 radical (unpaired) electrons. The van der Waals surface area contributed by atoms with E-state index < -0.39 is 12.6 Å². The molecule has 2 rings (SSSR count). The number of halogens is 3. The third-order valence-electron chi connectivity index (χ3n) is 2.72. The summed E-state index contributed by atoms with van der Waals surface area (Å²) >= 11 is 0. The van der Waals surface area contributed by atoms with Crippen LogP contribution >= 0.6 is 0 Å². The normalized spacial score (nSPS) is 12.2. The summed E-state index contributed by atoms with van der Waals surface area (Å²) in [6.07, 6.45) is 1.39. The van der Waals surface area contributed by atoms with Gasteiger partial charge in [0.1, 0.15) is 5.75 Å². The Morgan fingerprint density at radius 2 is 1.80 bits per heavy atom. The minimum atomic E-state index is -2.83. The second-order valence-electron chi connectivity index (χ2n) is 4.18. The average Bonchev–Trinajstić information content (AvgIpc) is 2.41. The summed E-state index contributed by atoms with van der Waals surface area (Å²) < 4.78 is 41.0. The Kier molecular flexibility index (Phi) is 4.45. The Morgan fingerprint density at radius 3 is 2.35 bits per heavy atom. The van der Waals surface area contributed by atoms with Gasteiger partial charge in [0.05, 0.1) is 11.9 Å². The number of alkyl halides is 2. The number of rotatable bonds is 5. The topological polar surface area (TPSA) is 34.2 Å². The van der Waals surface area contributed by atoms with Gasteiger partial charge in [-0.25, -0.2) is 4.98 Å². The number of hydrogen-bond donors (Lipinski definition) is 1. The molecule has 0 aliphatic carbocycles. The number of anilines is 1. The van der Waals surface area contributed by atoms with Crippen LogP contribution in [0.2, 0.25) is 0 Å². The molecular weight excluding hydrogens is 269 g/mol. The van der Waals surface area contributed by atoms with E-state index in [0.717, 1.165) is 5.56 Å². The van der Waals surface area contributed by atoms with Crippen molar-refractivity contribution in [2.45, 2.75) is 19.6 Å². The first-order valence-corrected chi connectivity index (χ1v) is 5.97. The molecular formula is C14H13F3N2O. The molecule has 2 aromatic rings. The molecule has 1 aromatic carbocycles. The van der Waals surface area contributed by atoms with Crippen molar-refractivity contribution in [3.05, 3.63) is 54.1 Å². The molecule has 0 aliphatic heterocycles. The van der Waals surface area contributed by atoms with Crippen LogP contribution in [-0.4, -0.2) is 11.6 Å². The monoisotopic (exact) mass is 282 g/mol. The number of nitrogens with zero attached hydrogens (tertiary/aromatic N) is 1. The number of aromatic nitrogens is 1. The largest absolute Gasteiger partial charge is 0.435 e. The molecule has 1 atom stereocenters. The Labute approximate surface area is 114 Å². The van der Waals surface area contributed by atoms with Crippen LogP contribution in [0.4, 0.5) is 18.9 Å². The first-order valence-electron chi connectivity index (χ1n) is 5.97. The molecule has 1 N–H and O–H groups in total. The van der Waals surface area contributed by atoms with Crippen molar-refractivity contribution in [1.29, 1.82) is 0 Å². The zero-order valence-corrected chi connectivity index (χ0v) is 10.7. The molecule has 0 fully saturated rings. The van der Waals surface area contributed by atoms with E-state index in [4.69, 9.17) is 0 Å². The Balaban J connectivity index is 2.01. The SMILES string of the molecule is CC(Nc1ccc(F)nc1)c1ccc(OC(F)F)cc1. The van der Waals surface area contributed by atoms with Gasteiger partial charge in [-0.3, -0.25) is 0 Å². The van der Waals surface area contributed by atoms with E-state index in [0.29, 0.717) is 5.69 Å². The first-order chi connectivity index (χ1) is 9.54. The van der Waals surface area contributed by atoms with Gasteiger partial charge in [-0.2, -0.15) is 13.2 Å². The maximum absolute atomic E-state index is 12.7. The zero-order chi connectivity index (χ0) is 14.5. The zero-order valence-electron chi connectivity index (χ0n) is 10.7. The summed E-state index contributed by atoms with van der Waals surface area (Å²) in [5.74, 6) is -0.434. The summed E-state index contributed by atoms with van der Waals surface area (Å²) in [4.78, 5) is 3.54. The lowest BCUT2D eigenvalue weighted by Crippen LogP contribution is -2.07. The number of hydrogen-bond acceptors (Lipinski definition) is 3. The van der Waals surface area contributed by atoms with Crippen molar-refractivity contribution in [1.82, 2.24) is 4.98 Å². The molecule has 106 valence electrons. The van der Waals surface area contributed by atoms with Gasteiger partial charge in [-0.15, -0.1) is 0 Å². The van der Waals surface area contributed by atoms with Crippen LogP contribution in [0.3, 0.4) is 0 Å². The van der Waals surface area contributed by atoms with Gasteiger partial charge in [-0.05, 0) is 36.8 Å². The molecule has 0 saturated carbocycles. The van der Waals surface area contributed by atoms with E-state index in [1.807, 2.05) is 6.92 Å². The lowest BCUT2D eigenvalue weighted by molar-refractivity contribution is -0.0498. The van der Waals surface area contributed by atoms with Crippen molar-refractivity contribution >= 4 is 5.69 Å². The van der Waals surface area contributed by atoms with E-state index >= 15 is 0 Å². The van der Waals surface area contributed by atoms with E-state index in [2.05, 4.69) is 15.0 Å². The minimum absolute atomic E-state index is 0.0807. The highest BCUT2D eigenvalue weighted by Crippen LogP contribution is 2.22. The predicted octanol–water partition coefficient (Wildman–Crippen LogP) is 4.00. The number of nitrogens with one attached hydrogen (secondary N) is 1. The fourth-order valence-electron chi connectivity index (χ4n) is 1.73. The van der Waals surface area contributed by atoms with Crippen molar-refractivity contribution in [2.24, 2.45) is 0 Å². The molecule has 3 nitrogen and oxygen atoms in total. The molecule has 0 aliphatic rings. The van der Waals surface area contributed by atoms with E-state index in [9.17, 15) is 13.2 Å². The van der Waals surface area contributed by atoms with Crippen LogP contribution in [0.1, 0.15) is 18.5 Å².